The van der Waals surface area contributed by atoms with E-state index in [2.05, 4.69) is 4.74 Å². The van der Waals surface area contributed by atoms with E-state index in [0.29, 0.717) is 11.1 Å². The minimum atomic E-state index is -0.681. The van der Waals surface area contributed by atoms with Gasteiger partial charge < -0.3 is 9.47 Å². The van der Waals surface area contributed by atoms with Crippen LogP contribution in [0.2, 0.25) is 15.1 Å². The van der Waals surface area contributed by atoms with Gasteiger partial charge in [0.1, 0.15) is 6.61 Å². The Bertz CT molecular complexity index is 742. The predicted molar refractivity (Wildman–Crippen MR) is 88.4 cm³/mol. The standard InChI is InChI=1S/C16H11Cl3O4/c1-22-15(20)10-4-2-9(3-5-10)8-23-16(21)13-11(17)6-7-12(18)14(13)19/h2-7H,8H2,1H3. The summed E-state index contributed by atoms with van der Waals surface area (Å²) in [5.74, 6) is -1.12. The number of methoxy groups -OCH3 is 1. The molecule has 0 aliphatic heterocycles. The van der Waals surface area contributed by atoms with Gasteiger partial charge in [-0.05, 0) is 29.8 Å². The van der Waals surface area contributed by atoms with Gasteiger partial charge in [-0.2, -0.15) is 0 Å². The van der Waals surface area contributed by atoms with E-state index in [-0.39, 0.29) is 27.2 Å². The number of ether oxygens (including phenoxy) is 2. The monoisotopic (exact) mass is 372 g/mol. The van der Waals surface area contributed by atoms with Crippen LogP contribution in [0.4, 0.5) is 0 Å². The van der Waals surface area contributed by atoms with Gasteiger partial charge in [0, 0.05) is 0 Å². The topological polar surface area (TPSA) is 52.6 Å². The van der Waals surface area contributed by atoms with Crippen LogP contribution in [0.5, 0.6) is 0 Å². The molecule has 0 N–H and O–H groups in total. The summed E-state index contributed by atoms with van der Waals surface area (Å²) in [6.45, 7) is -0.000539. The Morgan fingerprint density at radius 2 is 1.52 bits per heavy atom. The Kier molecular flexibility index (Phi) is 5.88. The zero-order valence-electron chi connectivity index (χ0n) is 11.9. The molecule has 0 unspecified atom stereocenters. The summed E-state index contributed by atoms with van der Waals surface area (Å²) in [6, 6.07) is 9.43. The molecule has 120 valence electrons. The minimum Gasteiger partial charge on any atom is -0.465 e. The SMILES string of the molecule is COC(=O)c1ccc(COC(=O)c2c(Cl)ccc(Cl)c2Cl)cc1. The third-order valence-corrected chi connectivity index (χ3v) is 4.11. The highest BCUT2D eigenvalue weighted by molar-refractivity contribution is 6.46. The third-order valence-electron chi connectivity index (χ3n) is 2.99. The summed E-state index contributed by atoms with van der Waals surface area (Å²) in [5.41, 5.74) is 1.12. The number of rotatable bonds is 4. The zero-order valence-corrected chi connectivity index (χ0v) is 14.2. The lowest BCUT2D eigenvalue weighted by Gasteiger charge is -2.09. The fourth-order valence-electron chi connectivity index (χ4n) is 1.79. The lowest BCUT2D eigenvalue weighted by molar-refractivity contribution is 0.0472. The first-order valence-corrected chi connectivity index (χ1v) is 7.55. The van der Waals surface area contributed by atoms with Crippen molar-refractivity contribution in [3.8, 4) is 0 Å². The van der Waals surface area contributed by atoms with Crippen molar-refractivity contribution in [3.05, 3.63) is 68.2 Å². The van der Waals surface area contributed by atoms with Gasteiger partial charge in [-0.15, -0.1) is 0 Å². The molecule has 0 atom stereocenters. The van der Waals surface area contributed by atoms with Crippen molar-refractivity contribution in [1.29, 1.82) is 0 Å². The van der Waals surface area contributed by atoms with Gasteiger partial charge in [0.05, 0.1) is 33.3 Å². The minimum absolute atomic E-state index is 0.000539. The molecule has 0 amide bonds. The fraction of sp³-hybridized carbons (Fsp3) is 0.125. The van der Waals surface area contributed by atoms with Gasteiger partial charge in [-0.25, -0.2) is 9.59 Å². The van der Waals surface area contributed by atoms with Crippen molar-refractivity contribution in [2.24, 2.45) is 0 Å². The molecule has 0 radical (unpaired) electrons. The van der Waals surface area contributed by atoms with Crippen molar-refractivity contribution in [3.63, 3.8) is 0 Å². The molecule has 0 saturated carbocycles. The Hall–Kier alpha value is -1.75. The number of hydrogen-bond acceptors (Lipinski definition) is 4. The van der Waals surface area contributed by atoms with Crippen molar-refractivity contribution in [2.45, 2.75) is 6.61 Å². The largest absolute Gasteiger partial charge is 0.465 e. The van der Waals surface area contributed by atoms with Gasteiger partial charge >= 0.3 is 11.9 Å². The van der Waals surface area contributed by atoms with Crippen LogP contribution >= 0.6 is 34.8 Å². The van der Waals surface area contributed by atoms with E-state index in [1.165, 1.54) is 19.2 Å². The molecule has 0 heterocycles. The first-order valence-electron chi connectivity index (χ1n) is 6.42. The first-order chi connectivity index (χ1) is 10.9. The van der Waals surface area contributed by atoms with Crippen LogP contribution in [0.3, 0.4) is 0 Å². The molecule has 2 rings (SSSR count). The highest BCUT2D eigenvalue weighted by Crippen LogP contribution is 2.32. The molecule has 0 saturated heterocycles. The molecule has 2 aromatic carbocycles. The van der Waals surface area contributed by atoms with Crippen LogP contribution in [0, 0.1) is 0 Å². The van der Waals surface area contributed by atoms with Crippen LogP contribution in [0.15, 0.2) is 36.4 Å². The number of carbonyl (C=O) groups excluding carboxylic acids is 2. The Morgan fingerprint density at radius 1 is 0.913 bits per heavy atom. The quantitative estimate of drug-likeness (QED) is 0.571. The maximum Gasteiger partial charge on any atom is 0.341 e. The summed E-state index contributed by atoms with van der Waals surface area (Å²) >= 11 is 17.8. The second-order valence-electron chi connectivity index (χ2n) is 4.48. The summed E-state index contributed by atoms with van der Waals surface area (Å²) in [7, 11) is 1.30. The maximum absolute atomic E-state index is 12.1. The van der Waals surface area contributed by atoms with Crippen molar-refractivity contribution in [2.75, 3.05) is 7.11 Å². The van der Waals surface area contributed by atoms with E-state index in [9.17, 15) is 9.59 Å². The first kappa shape index (κ1) is 17.6. The van der Waals surface area contributed by atoms with Crippen LogP contribution < -0.4 is 0 Å². The van der Waals surface area contributed by atoms with E-state index in [1.54, 1.807) is 24.3 Å². The number of esters is 2. The molecule has 0 spiro atoms. The average Bonchev–Trinajstić information content (AvgIpc) is 2.56. The van der Waals surface area contributed by atoms with Gasteiger partial charge in [0.15, 0.2) is 0 Å². The molecule has 0 bridgehead atoms. The molecule has 2 aromatic rings. The number of halogens is 3. The van der Waals surface area contributed by atoms with Gasteiger partial charge in [0.2, 0.25) is 0 Å². The van der Waals surface area contributed by atoms with E-state index in [4.69, 9.17) is 39.5 Å². The van der Waals surface area contributed by atoms with E-state index in [1.807, 2.05) is 0 Å². The van der Waals surface area contributed by atoms with Gasteiger partial charge in [-0.3, -0.25) is 0 Å². The van der Waals surface area contributed by atoms with Crippen molar-refractivity contribution < 1.29 is 19.1 Å². The fourth-order valence-corrected chi connectivity index (χ4v) is 2.47. The maximum atomic E-state index is 12.1. The lowest BCUT2D eigenvalue weighted by Crippen LogP contribution is -2.07. The Morgan fingerprint density at radius 3 is 2.13 bits per heavy atom. The Labute approximate surface area is 147 Å². The molecule has 0 fully saturated rings. The lowest BCUT2D eigenvalue weighted by atomic mass is 10.1. The number of benzene rings is 2. The molecule has 0 aromatic heterocycles. The smallest absolute Gasteiger partial charge is 0.341 e. The van der Waals surface area contributed by atoms with Crippen molar-refractivity contribution >= 4 is 46.7 Å². The van der Waals surface area contributed by atoms with Crippen molar-refractivity contribution in [1.82, 2.24) is 0 Å². The molecular weight excluding hydrogens is 363 g/mol. The summed E-state index contributed by atoms with van der Waals surface area (Å²) in [6.07, 6.45) is 0. The van der Waals surface area contributed by atoms with Crippen LogP contribution in [0.1, 0.15) is 26.3 Å². The molecule has 0 aliphatic rings. The van der Waals surface area contributed by atoms with Crippen LogP contribution in [-0.2, 0) is 16.1 Å². The third kappa shape index (κ3) is 4.16. The second-order valence-corrected chi connectivity index (χ2v) is 5.68. The highest BCUT2D eigenvalue weighted by Gasteiger charge is 2.18. The second kappa shape index (κ2) is 7.68. The summed E-state index contributed by atoms with van der Waals surface area (Å²) < 4.78 is 9.78. The summed E-state index contributed by atoms with van der Waals surface area (Å²) in [5, 5.41) is 0.418. The zero-order chi connectivity index (χ0) is 17.0. The van der Waals surface area contributed by atoms with Crippen LogP contribution in [0.25, 0.3) is 0 Å². The molecule has 0 aliphatic carbocycles. The molecule has 23 heavy (non-hydrogen) atoms. The van der Waals surface area contributed by atoms with Gasteiger partial charge in [-0.1, -0.05) is 46.9 Å². The van der Waals surface area contributed by atoms with E-state index < -0.39 is 11.9 Å². The number of hydrogen-bond donors (Lipinski definition) is 0. The average molecular weight is 374 g/mol. The predicted octanol–water partition coefficient (Wildman–Crippen LogP) is 4.79. The molecule has 4 nitrogen and oxygen atoms in total. The normalized spacial score (nSPS) is 10.3. The van der Waals surface area contributed by atoms with E-state index in [0.717, 1.165) is 0 Å². The summed E-state index contributed by atoms with van der Waals surface area (Å²) in [4.78, 5) is 23.4. The van der Waals surface area contributed by atoms with Gasteiger partial charge in [0.25, 0.3) is 0 Å². The Balaban J connectivity index is 2.08. The number of carbonyl (C=O) groups is 2. The van der Waals surface area contributed by atoms with Crippen LogP contribution in [-0.4, -0.2) is 19.0 Å². The molecule has 7 heteroatoms. The molecular formula is C16H11Cl3O4. The highest BCUT2D eigenvalue weighted by atomic mass is 35.5. The van der Waals surface area contributed by atoms with E-state index >= 15 is 0 Å².